The second-order valence-corrected chi connectivity index (χ2v) is 6.70. The van der Waals surface area contributed by atoms with Crippen molar-refractivity contribution in [2.45, 2.75) is 38.3 Å². The Bertz CT molecular complexity index is 636. The molecule has 1 aromatic carbocycles. The molecule has 1 amide bonds. The zero-order chi connectivity index (χ0) is 17.5. The van der Waals surface area contributed by atoms with Crippen molar-refractivity contribution in [2.75, 3.05) is 25.0 Å². The molecule has 0 radical (unpaired) electrons. The molecule has 0 bridgehead atoms. The number of rotatable bonds is 8. The first-order chi connectivity index (χ1) is 12.2. The summed E-state index contributed by atoms with van der Waals surface area (Å²) in [7, 11) is 0. The van der Waals surface area contributed by atoms with E-state index in [-0.39, 0.29) is 18.0 Å². The maximum Gasteiger partial charge on any atom is 0.225 e. The Labute approximate surface area is 149 Å². The van der Waals surface area contributed by atoms with Crippen LogP contribution >= 0.6 is 0 Å². The Kier molecular flexibility index (Phi) is 6.25. The van der Waals surface area contributed by atoms with Gasteiger partial charge in [-0.2, -0.15) is 0 Å². The predicted molar refractivity (Wildman–Crippen MR) is 99.4 cm³/mol. The first-order valence-electron chi connectivity index (χ1n) is 9.08. The van der Waals surface area contributed by atoms with Crippen LogP contribution in [0.15, 0.2) is 53.1 Å². The van der Waals surface area contributed by atoms with Crippen LogP contribution in [0.5, 0.6) is 0 Å². The molecule has 2 atom stereocenters. The summed E-state index contributed by atoms with van der Waals surface area (Å²) in [6, 6.07) is 13.9. The van der Waals surface area contributed by atoms with E-state index < -0.39 is 0 Å². The molecule has 5 nitrogen and oxygen atoms in total. The van der Waals surface area contributed by atoms with E-state index >= 15 is 0 Å². The van der Waals surface area contributed by atoms with Crippen LogP contribution in [0.2, 0.25) is 0 Å². The van der Waals surface area contributed by atoms with Crippen LogP contribution in [0.1, 0.15) is 38.0 Å². The van der Waals surface area contributed by atoms with Gasteiger partial charge in [0.05, 0.1) is 12.3 Å². The Hall–Kier alpha value is -2.11. The Morgan fingerprint density at radius 3 is 2.60 bits per heavy atom. The first-order valence-corrected chi connectivity index (χ1v) is 9.08. The number of anilines is 1. The number of carbonyl (C=O) groups is 1. The third-order valence-electron chi connectivity index (χ3n) is 4.66. The van der Waals surface area contributed by atoms with Crippen molar-refractivity contribution in [2.24, 2.45) is 0 Å². The highest BCUT2D eigenvalue weighted by Gasteiger charge is 2.25. The topological polar surface area (TPSA) is 57.5 Å². The van der Waals surface area contributed by atoms with Crippen molar-refractivity contribution in [1.29, 1.82) is 0 Å². The minimum absolute atomic E-state index is 0.0296. The highest BCUT2D eigenvalue weighted by atomic mass is 16.3. The third-order valence-corrected chi connectivity index (χ3v) is 4.66. The monoisotopic (exact) mass is 341 g/mol. The summed E-state index contributed by atoms with van der Waals surface area (Å²) in [4.78, 5) is 14.6. The predicted octanol–water partition coefficient (Wildman–Crippen LogP) is 3.42. The summed E-state index contributed by atoms with van der Waals surface area (Å²) >= 11 is 0. The normalized spacial score (nSPS) is 17.3. The van der Waals surface area contributed by atoms with Crippen molar-refractivity contribution < 1.29 is 9.21 Å². The molecule has 1 saturated heterocycles. The van der Waals surface area contributed by atoms with Gasteiger partial charge in [-0.3, -0.25) is 9.69 Å². The summed E-state index contributed by atoms with van der Waals surface area (Å²) in [5, 5.41) is 6.44. The van der Waals surface area contributed by atoms with Gasteiger partial charge in [-0.1, -0.05) is 18.2 Å². The average molecular weight is 341 g/mol. The zero-order valence-corrected chi connectivity index (χ0v) is 14.8. The maximum atomic E-state index is 12.2. The van der Waals surface area contributed by atoms with E-state index in [1.54, 1.807) is 6.26 Å². The molecule has 0 spiro atoms. The standard InChI is InChI=1S/C20H27N3O2/c1-16(14-20(24)22-17-8-3-2-4-9-17)21-15-18(19-10-7-13-25-19)23-11-5-6-12-23/h2-4,7-10,13,16,18,21H,5-6,11-12,14-15H2,1H3,(H,22,24). The summed E-state index contributed by atoms with van der Waals surface area (Å²) in [6.07, 6.45) is 4.66. The van der Waals surface area contributed by atoms with Crippen LogP contribution in [0.4, 0.5) is 5.69 Å². The van der Waals surface area contributed by atoms with Crippen molar-refractivity contribution in [3.8, 4) is 0 Å². The van der Waals surface area contributed by atoms with Gasteiger partial charge in [0.25, 0.3) is 0 Å². The third kappa shape index (κ3) is 5.18. The molecular weight excluding hydrogens is 314 g/mol. The van der Waals surface area contributed by atoms with E-state index in [0.29, 0.717) is 6.42 Å². The Balaban J connectivity index is 1.49. The molecule has 1 aliphatic heterocycles. The van der Waals surface area contributed by atoms with Gasteiger partial charge in [-0.15, -0.1) is 0 Å². The van der Waals surface area contributed by atoms with Gasteiger partial charge in [0, 0.05) is 24.7 Å². The largest absolute Gasteiger partial charge is 0.468 e. The molecule has 5 heteroatoms. The molecule has 2 aromatic rings. The lowest BCUT2D eigenvalue weighted by Crippen LogP contribution is -2.39. The minimum atomic E-state index is 0.0296. The smallest absolute Gasteiger partial charge is 0.225 e. The molecule has 25 heavy (non-hydrogen) atoms. The number of amides is 1. The van der Waals surface area contributed by atoms with Crippen molar-refractivity contribution in [3.63, 3.8) is 0 Å². The van der Waals surface area contributed by atoms with Gasteiger partial charge < -0.3 is 15.1 Å². The number of furan rings is 1. The van der Waals surface area contributed by atoms with Crippen LogP contribution in [0.25, 0.3) is 0 Å². The summed E-state index contributed by atoms with van der Waals surface area (Å²) < 4.78 is 5.64. The van der Waals surface area contributed by atoms with E-state index in [9.17, 15) is 4.79 Å². The van der Waals surface area contributed by atoms with E-state index in [0.717, 1.165) is 31.1 Å². The van der Waals surface area contributed by atoms with Gasteiger partial charge in [0.1, 0.15) is 5.76 Å². The molecular formula is C20H27N3O2. The van der Waals surface area contributed by atoms with Crippen molar-refractivity contribution >= 4 is 11.6 Å². The van der Waals surface area contributed by atoms with Gasteiger partial charge in [0.15, 0.2) is 0 Å². The van der Waals surface area contributed by atoms with Gasteiger partial charge in [-0.25, -0.2) is 0 Å². The van der Waals surface area contributed by atoms with Crippen LogP contribution in [-0.4, -0.2) is 36.5 Å². The average Bonchev–Trinajstić information content (AvgIpc) is 3.30. The molecule has 3 rings (SSSR count). The van der Waals surface area contributed by atoms with Gasteiger partial charge in [0.2, 0.25) is 5.91 Å². The molecule has 0 aliphatic carbocycles. The molecule has 2 heterocycles. The molecule has 1 aliphatic rings. The number of para-hydroxylation sites is 1. The molecule has 0 saturated carbocycles. The quantitative estimate of drug-likeness (QED) is 0.772. The fraction of sp³-hybridized carbons (Fsp3) is 0.450. The SMILES string of the molecule is CC(CC(=O)Nc1ccccc1)NCC(c1ccco1)N1CCCC1. The lowest BCUT2D eigenvalue weighted by atomic mass is 10.1. The number of benzene rings is 1. The van der Waals surface area contributed by atoms with E-state index in [1.165, 1.54) is 12.8 Å². The number of nitrogens with one attached hydrogen (secondary N) is 2. The number of nitrogens with zero attached hydrogens (tertiary/aromatic N) is 1. The Morgan fingerprint density at radius 2 is 1.92 bits per heavy atom. The fourth-order valence-electron chi connectivity index (χ4n) is 3.34. The van der Waals surface area contributed by atoms with E-state index in [2.05, 4.69) is 15.5 Å². The zero-order valence-electron chi connectivity index (χ0n) is 14.8. The fourth-order valence-corrected chi connectivity index (χ4v) is 3.34. The van der Waals surface area contributed by atoms with E-state index in [4.69, 9.17) is 4.42 Å². The summed E-state index contributed by atoms with van der Waals surface area (Å²) in [5.41, 5.74) is 0.838. The number of carbonyl (C=O) groups excluding carboxylic acids is 1. The molecule has 2 unspecified atom stereocenters. The lowest BCUT2D eigenvalue weighted by molar-refractivity contribution is -0.116. The van der Waals surface area contributed by atoms with Crippen molar-refractivity contribution in [3.05, 3.63) is 54.5 Å². The second-order valence-electron chi connectivity index (χ2n) is 6.70. The summed E-state index contributed by atoms with van der Waals surface area (Å²) in [5.74, 6) is 1.03. The molecule has 134 valence electrons. The van der Waals surface area contributed by atoms with Crippen LogP contribution in [0.3, 0.4) is 0 Å². The Morgan fingerprint density at radius 1 is 1.16 bits per heavy atom. The number of hydrogen-bond acceptors (Lipinski definition) is 4. The molecule has 1 fully saturated rings. The van der Waals surface area contributed by atoms with Crippen LogP contribution < -0.4 is 10.6 Å². The number of likely N-dealkylation sites (tertiary alicyclic amines) is 1. The van der Waals surface area contributed by atoms with Gasteiger partial charge in [-0.05, 0) is 57.1 Å². The highest BCUT2D eigenvalue weighted by Crippen LogP contribution is 2.25. The second kappa shape index (κ2) is 8.83. The molecule has 1 aromatic heterocycles. The first kappa shape index (κ1) is 17.7. The number of hydrogen-bond donors (Lipinski definition) is 2. The summed E-state index contributed by atoms with van der Waals surface area (Å²) in [6.45, 7) is 5.05. The van der Waals surface area contributed by atoms with Crippen LogP contribution in [0, 0.1) is 0 Å². The minimum Gasteiger partial charge on any atom is -0.468 e. The molecule has 2 N–H and O–H groups in total. The maximum absolute atomic E-state index is 12.2. The van der Waals surface area contributed by atoms with Crippen LogP contribution in [-0.2, 0) is 4.79 Å². The van der Waals surface area contributed by atoms with Gasteiger partial charge >= 0.3 is 0 Å². The highest BCUT2D eigenvalue weighted by molar-refractivity contribution is 5.90. The van der Waals surface area contributed by atoms with E-state index in [1.807, 2.05) is 49.4 Å². The lowest BCUT2D eigenvalue weighted by Gasteiger charge is -2.27. The van der Waals surface area contributed by atoms with Crippen molar-refractivity contribution in [1.82, 2.24) is 10.2 Å².